The zero-order chi connectivity index (χ0) is 13.0. The largest absolute Gasteiger partial charge is 0.416 e. The van der Waals surface area contributed by atoms with Crippen molar-refractivity contribution in [2.75, 3.05) is 6.54 Å². The van der Waals surface area contributed by atoms with E-state index in [1.807, 2.05) is 0 Å². The van der Waals surface area contributed by atoms with Crippen molar-refractivity contribution in [2.24, 2.45) is 0 Å². The summed E-state index contributed by atoms with van der Waals surface area (Å²) in [5, 5.41) is 3.42. The van der Waals surface area contributed by atoms with Crippen LogP contribution >= 0.6 is 0 Å². The molecule has 0 heterocycles. The van der Waals surface area contributed by atoms with Gasteiger partial charge in [-0.1, -0.05) is 12.1 Å². The van der Waals surface area contributed by atoms with Gasteiger partial charge in [0.2, 0.25) is 0 Å². The molecular formula is C14H18F3N. The molecule has 0 amide bonds. The fourth-order valence-corrected chi connectivity index (χ4v) is 1.91. The maximum Gasteiger partial charge on any atom is 0.416 e. The van der Waals surface area contributed by atoms with Gasteiger partial charge in [0.05, 0.1) is 5.56 Å². The van der Waals surface area contributed by atoms with Gasteiger partial charge in [0, 0.05) is 6.04 Å². The van der Waals surface area contributed by atoms with Crippen molar-refractivity contribution in [3.8, 4) is 0 Å². The van der Waals surface area contributed by atoms with Crippen molar-refractivity contribution < 1.29 is 13.2 Å². The number of benzene rings is 1. The minimum atomic E-state index is -4.23. The normalized spacial score (nSPS) is 15.9. The van der Waals surface area contributed by atoms with Crippen LogP contribution in [-0.2, 0) is 12.6 Å². The molecule has 0 aromatic heterocycles. The molecule has 1 nitrogen and oxygen atoms in total. The molecule has 0 aliphatic heterocycles. The van der Waals surface area contributed by atoms with E-state index in [9.17, 15) is 13.2 Å². The van der Waals surface area contributed by atoms with Gasteiger partial charge in [-0.15, -0.1) is 0 Å². The summed E-state index contributed by atoms with van der Waals surface area (Å²) >= 11 is 0. The van der Waals surface area contributed by atoms with Crippen LogP contribution in [-0.4, -0.2) is 12.6 Å². The zero-order valence-electron chi connectivity index (χ0n) is 10.3. The first-order valence-corrected chi connectivity index (χ1v) is 6.45. The van der Waals surface area contributed by atoms with Gasteiger partial charge in [-0.3, -0.25) is 0 Å². The van der Waals surface area contributed by atoms with Crippen molar-refractivity contribution in [2.45, 2.75) is 44.3 Å². The first-order chi connectivity index (χ1) is 8.55. The van der Waals surface area contributed by atoms with Gasteiger partial charge in [0.15, 0.2) is 0 Å². The molecule has 4 heteroatoms. The Labute approximate surface area is 105 Å². The Bertz CT molecular complexity index is 366. The smallest absolute Gasteiger partial charge is 0.314 e. The Morgan fingerprint density at radius 2 is 1.72 bits per heavy atom. The third-order valence-corrected chi connectivity index (χ3v) is 3.18. The van der Waals surface area contributed by atoms with E-state index >= 15 is 0 Å². The van der Waals surface area contributed by atoms with Crippen LogP contribution in [0.4, 0.5) is 13.2 Å². The molecule has 100 valence electrons. The van der Waals surface area contributed by atoms with E-state index in [1.165, 1.54) is 12.8 Å². The predicted octanol–water partition coefficient (Wildman–Crippen LogP) is 3.78. The molecule has 0 unspecified atom stereocenters. The highest BCUT2D eigenvalue weighted by Gasteiger charge is 2.29. The molecule has 1 aromatic rings. The molecule has 0 spiro atoms. The quantitative estimate of drug-likeness (QED) is 0.765. The highest BCUT2D eigenvalue weighted by Crippen LogP contribution is 2.29. The van der Waals surface area contributed by atoms with Crippen LogP contribution in [0.2, 0.25) is 0 Å². The Kier molecular flexibility index (Phi) is 4.27. The van der Waals surface area contributed by atoms with E-state index in [2.05, 4.69) is 5.32 Å². The third kappa shape index (κ3) is 4.33. The minimum Gasteiger partial charge on any atom is -0.314 e. The number of nitrogens with one attached hydrogen (secondary N) is 1. The second-order valence-electron chi connectivity index (χ2n) is 4.88. The second-order valence-corrected chi connectivity index (χ2v) is 4.88. The van der Waals surface area contributed by atoms with E-state index in [0.29, 0.717) is 0 Å². The summed E-state index contributed by atoms with van der Waals surface area (Å²) in [5.41, 5.74) is 0.413. The third-order valence-electron chi connectivity index (χ3n) is 3.18. The lowest BCUT2D eigenvalue weighted by atomic mass is 10.1. The van der Waals surface area contributed by atoms with Crippen LogP contribution in [0.25, 0.3) is 0 Å². The molecule has 0 saturated heterocycles. The summed E-state index contributed by atoms with van der Waals surface area (Å²) in [6, 6.07) is 6.22. The summed E-state index contributed by atoms with van der Waals surface area (Å²) < 4.78 is 37.0. The van der Waals surface area contributed by atoms with E-state index in [1.54, 1.807) is 12.1 Å². The van der Waals surface area contributed by atoms with E-state index in [-0.39, 0.29) is 0 Å². The molecule has 2 rings (SSSR count). The Balaban J connectivity index is 1.69. The zero-order valence-corrected chi connectivity index (χ0v) is 10.3. The molecule has 1 aliphatic carbocycles. The average molecular weight is 257 g/mol. The molecule has 0 radical (unpaired) electrons. The van der Waals surface area contributed by atoms with E-state index in [4.69, 9.17) is 0 Å². The van der Waals surface area contributed by atoms with Gasteiger partial charge >= 0.3 is 6.18 Å². The lowest BCUT2D eigenvalue weighted by Gasteiger charge is -2.07. The number of aryl methyl sites for hydroxylation is 1. The maximum atomic E-state index is 12.3. The SMILES string of the molecule is FC(F)(F)c1ccc(CCCCNC2CC2)cc1. The molecule has 1 fully saturated rings. The molecule has 0 atom stereocenters. The first-order valence-electron chi connectivity index (χ1n) is 6.45. The van der Waals surface area contributed by atoms with Crippen LogP contribution in [0.15, 0.2) is 24.3 Å². The molecular weight excluding hydrogens is 239 g/mol. The number of unbranched alkanes of at least 4 members (excludes halogenated alkanes) is 1. The van der Waals surface area contributed by atoms with Gasteiger partial charge in [-0.25, -0.2) is 0 Å². The van der Waals surface area contributed by atoms with Gasteiger partial charge in [0.25, 0.3) is 0 Å². The van der Waals surface area contributed by atoms with Gasteiger partial charge in [-0.2, -0.15) is 13.2 Å². The van der Waals surface area contributed by atoms with Gasteiger partial charge < -0.3 is 5.32 Å². The maximum absolute atomic E-state index is 12.3. The summed E-state index contributed by atoms with van der Waals surface area (Å²) in [5.74, 6) is 0. The van der Waals surface area contributed by atoms with Gasteiger partial charge in [0.1, 0.15) is 0 Å². The van der Waals surface area contributed by atoms with Crippen LogP contribution < -0.4 is 5.32 Å². The monoisotopic (exact) mass is 257 g/mol. The summed E-state index contributed by atoms with van der Waals surface area (Å²) in [7, 11) is 0. The summed E-state index contributed by atoms with van der Waals surface area (Å²) in [4.78, 5) is 0. The Morgan fingerprint density at radius 1 is 1.06 bits per heavy atom. The fraction of sp³-hybridized carbons (Fsp3) is 0.571. The van der Waals surface area contributed by atoms with Crippen molar-refractivity contribution >= 4 is 0 Å². The van der Waals surface area contributed by atoms with Crippen LogP contribution in [0.5, 0.6) is 0 Å². The fourth-order valence-electron chi connectivity index (χ4n) is 1.91. The molecule has 1 aliphatic rings. The van der Waals surface area contributed by atoms with Gasteiger partial charge in [-0.05, 0) is 56.3 Å². The molecule has 1 aromatic carbocycles. The van der Waals surface area contributed by atoms with Crippen molar-refractivity contribution in [3.05, 3.63) is 35.4 Å². The molecule has 1 saturated carbocycles. The highest BCUT2D eigenvalue weighted by molar-refractivity contribution is 5.24. The average Bonchev–Trinajstić information content (AvgIpc) is 3.12. The number of rotatable bonds is 6. The summed E-state index contributed by atoms with van der Waals surface area (Å²) in [6.07, 6.45) is 1.30. The van der Waals surface area contributed by atoms with E-state index in [0.717, 1.165) is 49.5 Å². The highest BCUT2D eigenvalue weighted by atomic mass is 19.4. The standard InChI is InChI=1S/C14H18F3N/c15-14(16,17)12-6-4-11(5-7-12)3-1-2-10-18-13-8-9-13/h4-7,13,18H,1-3,8-10H2. The van der Waals surface area contributed by atoms with E-state index < -0.39 is 11.7 Å². The second kappa shape index (κ2) is 5.74. The number of alkyl halides is 3. The number of hydrogen-bond donors (Lipinski definition) is 1. The van der Waals surface area contributed by atoms with Crippen LogP contribution in [0, 0.1) is 0 Å². The topological polar surface area (TPSA) is 12.0 Å². The Hall–Kier alpha value is -1.03. The minimum absolute atomic E-state index is 0.568. The Morgan fingerprint density at radius 3 is 2.28 bits per heavy atom. The molecule has 1 N–H and O–H groups in total. The lowest BCUT2D eigenvalue weighted by Crippen LogP contribution is -2.17. The van der Waals surface area contributed by atoms with Crippen molar-refractivity contribution in [1.82, 2.24) is 5.32 Å². The number of hydrogen-bond acceptors (Lipinski definition) is 1. The van der Waals surface area contributed by atoms with Crippen molar-refractivity contribution in [3.63, 3.8) is 0 Å². The summed E-state index contributed by atoms with van der Waals surface area (Å²) in [6.45, 7) is 1.02. The predicted molar refractivity (Wildman–Crippen MR) is 65.4 cm³/mol. The van der Waals surface area contributed by atoms with Crippen molar-refractivity contribution in [1.29, 1.82) is 0 Å². The molecule has 18 heavy (non-hydrogen) atoms. The van der Waals surface area contributed by atoms with Crippen LogP contribution in [0.1, 0.15) is 36.8 Å². The first kappa shape index (κ1) is 13.4. The number of halogens is 3. The lowest BCUT2D eigenvalue weighted by molar-refractivity contribution is -0.137. The molecule has 0 bridgehead atoms. The van der Waals surface area contributed by atoms with Crippen LogP contribution in [0.3, 0.4) is 0 Å².